The smallest absolute Gasteiger partial charge is 0.259 e. The Morgan fingerprint density at radius 3 is 3.12 bits per heavy atom. The molecule has 1 aliphatic heterocycles. The molecule has 0 aliphatic carbocycles. The Bertz CT molecular complexity index is 934. The maximum atomic E-state index is 12.2. The van der Waals surface area contributed by atoms with Crippen molar-refractivity contribution in [3.05, 3.63) is 57.5 Å². The van der Waals surface area contributed by atoms with Crippen molar-refractivity contribution in [3.63, 3.8) is 0 Å². The molecule has 0 amide bonds. The lowest BCUT2D eigenvalue weighted by atomic mass is 10.0. The molecule has 25 heavy (non-hydrogen) atoms. The summed E-state index contributed by atoms with van der Waals surface area (Å²) in [6, 6.07) is 10.5. The van der Waals surface area contributed by atoms with Gasteiger partial charge in [-0.1, -0.05) is 18.2 Å². The van der Waals surface area contributed by atoms with E-state index in [0.29, 0.717) is 18.0 Å². The van der Waals surface area contributed by atoms with Gasteiger partial charge >= 0.3 is 0 Å². The predicted octanol–water partition coefficient (Wildman–Crippen LogP) is 3.20. The minimum absolute atomic E-state index is 0.0401. The van der Waals surface area contributed by atoms with Crippen LogP contribution in [0.3, 0.4) is 0 Å². The highest BCUT2D eigenvalue weighted by Crippen LogP contribution is 2.27. The molecule has 0 saturated carbocycles. The van der Waals surface area contributed by atoms with Gasteiger partial charge < -0.3 is 9.72 Å². The molecule has 130 valence electrons. The number of nitrogens with zero attached hydrogens (tertiary/aromatic N) is 2. The molecule has 4 rings (SSSR count). The number of aromatic amines is 1. The summed E-state index contributed by atoms with van der Waals surface area (Å²) in [5.41, 5.74) is 1.19. The topological polar surface area (TPSA) is 58.2 Å². The Morgan fingerprint density at radius 1 is 1.36 bits per heavy atom. The third kappa shape index (κ3) is 3.32. The van der Waals surface area contributed by atoms with Crippen LogP contribution in [0.25, 0.3) is 10.2 Å². The zero-order valence-corrected chi connectivity index (χ0v) is 15.0. The monoisotopic (exact) mass is 355 g/mol. The van der Waals surface area contributed by atoms with Gasteiger partial charge in [0.25, 0.3) is 5.56 Å². The van der Waals surface area contributed by atoms with Gasteiger partial charge in [0.2, 0.25) is 0 Å². The van der Waals surface area contributed by atoms with Crippen LogP contribution in [0.15, 0.2) is 40.5 Å². The summed E-state index contributed by atoms with van der Waals surface area (Å²) in [6.45, 7) is 1.72. The Labute approximate surface area is 150 Å². The molecular weight excluding hydrogens is 334 g/mol. The average molecular weight is 355 g/mol. The number of rotatable bonds is 5. The van der Waals surface area contributed by atoms with Crippen LogP contribution < -0.4 is 10.3 Å². The molecule has 0 spiro atoms. The molecule has 3 heterocycles. The summed E-state index contributed by atoms with van der Waals surface area (Å²) in [5.74, 6) is 1.70. The second-order valence-electron chi connectivity index (χ2n) is 6.43. The molecule has 1 unspecified atom stereocenters. The van der Waals surface area contributed by atoms with Gasteiger partial charge in [0.15, 0.2) is 0 Å². The highest BCUT2D eigenvalue weighted by Gasteiger charge is 2.26. The zero-order valence-electron chi connectivity index (χ0n) is 14.2. The van der Waals surface area contributed by atoms with E-state index in [9.17, 15) is 4.79 Å². The lowest BCUT2D eigenvalue weighted by Crippen LogP contribution is -2.32. The Kier molecular flexibility index (Phi) is 4.55. The number of H-pyrrole nitrogens is 1. The number of likely N-dealkylation sites (tertiary alicyclic amines) is 1. The number of ether oxygens (including phenoxy) is 1. The van der Waals surface area contributed by atoms with Gasteiger partial charge in [-0.2, -0.15) is 0 Å². The normalized spacial score (nSPS) is 18.0. The van der Waals surface area contributed by atoms with Crippen molar-refractivity contribution >= 4 is 21.6 Å². The number of hydrogen-bond acceptors (Lipinski definition) is 5. The summed E-state index contributed by atoms with van der Waals surface area (Å²) in [7, 11) is 1.72. The molecule has 1 saturated heterocycles. The number of methoxy groups -OCH3 is 1. The van der Waals surface area contributed by atoms with Gasteiger partial charge in [0, 0.05) is 6.04 Å². The van der Waals surface area contributed by atoms with E-state index in [-0.39, 0.29) is 5.56 Å². The number of benzene rings is 1. The first-order valence-electron chi connectivity index (χ1n) is 8.57. The zero-order chi connectivity index (χ0) is 17.2. The summed E-state index contributed by atoms with van der Waals surface area (Å²) in [4.78, 5) is 23.0. The highest BCUT2D eigenvalue weighted by atomic mass is 32.1. The fourth-order valence-corrected chi connectivity index (χ4v) is 4.42. The Morgan fingerprint density at radius 2 is 2.24 bits per heavy atom. The second-order valence-corrected chi connectivity index (χ2v) is 7.33. The fraction of sp³-hybridized carbons (Fsp3) is 0.368. The van der Waals surface area contributed by atoms with Gasteiger partial charge in [-0.15, -0.1) is 11.3 Å². The van der Waals surface area contributed by atoms with E-state index < -0.39 is 0 Å². The Balaban J connectivity index is 1.53. The van der Waals surface area contributed by atoms with Crippen LogP contribution >= 0.6 is 11.3 Å². The fourth-order valence-electron chi connectivity index (χ4n) is 3.64. The summed E-state index contributed by atoms with van der Waals surface area (Å²) < 4.78 is 5.49. The lowest BCUT2D eigenvalue weighted by Gasteiger charge is -2.24. The second kappa shape index (κ2) is 6.98. The molecule has 3 aromatic rings. The van der Waals surface area contributed by atoms with Crippen LogP contribution in [0.4, 0.5) is 0 Å². The maximum absolute atomic E-state index is 12.2. The van der Waals surface area contributed by atoms with E-state index in [1.807, 2.05) is 23.6 Å². The van der Waals surface area contributed by atoms with Gasteiger partial charge in [-0.25, -0.2) is 4.98 Å². The SMILES string of the molecule is COc1ccccc1CC1CCCN1Cc1nc2sccc2c(=O)[nH]1. The van der Waals surface area contributed by atoms with Crippen molar-refractivity contribution in [2.75, 3.05) is 13.7 Å². The third-order valence-corrected chi connectivity index (χ3v) is 5.69. The maximum Gasteiger partial charge on any atom is 0.259 e. The summed E-state index contributed by atoms with van der Waals surface area (Å²) in [6.07, 6.45) is 3.28. The standard InChI is InChI=1S/C19H21N3O2S/c1-24-16-7-3-2-5-13(16)11-14-6-4-9-22(14)12-17-20-18(23)15-8-10-25-19(15)21-17/h2-3,5,7-8,10,14H,4,6,9,11-12H2,1H3,(H,20,21,23). The molecule has 0 bridgehead atoms. The largest absolute Gasteiger partial charge is 0.496 e. The number of thiophene rings is 1. The van der Waals surface area contributed by atoms with E-state index in [1.165, 1.54) is 23.3 Å². The van der Waals surface area contributed by atoms with Gasteiger partial charge in [-0.3, -0.25) is 9.69 Å². The van der Waals surface area contributed by atoms with Crippen LogP contribution in [-0.4, -0.2) is 34.6 Å². The Hall–Kier alpha value is -2.18. The van der Waals surface area contributed by atoms with Crippen LogP contribution in [0, 0.1) is 0 Å². The number of hydrogen-bond donors (Lipinski definition) is 1. The van der Waals surface area contributed by atoms with Crippen molar-refractivity contribution in [1.29, 1.82) is 0 Å². The molecule has 6 heteroatoms. The molecule has 1 aliphatic rings. The minimum Gasteiger partial charge on any atom is -0.496 e. The van der Waals surface area contributed by atoms with E-state index >= 15 is 0 Å². The van der Waals surface area contributed by atoms with E-state index in [0.717, 1.165) is 35.8 Å². The van der Waals surface area contributed by atoms with Crippen LogP contribution in [0.1, 0.15) is 24.2 Å². The average Bonchev–Trinajstić information content (AvgIpc) is 3.25. The molecule has 2 aromatic heterocycles. The van der Waals surface area contributed by atoms with Crippen LogP contribution in [0.5, 0.6) is 5.75 Å². The van der Waals surface area contributed by atoms with Crippen molar-refractivity contribution in [1.82, 2.24) is 14.9 Å². The van der Waals surface area contributed by atoms with Gasteiger partial charge in [0.1, 0.15) is 16.4 Å². The van der Waals surface area contributed by atoms with E-state index in [2.05, 4.69) is 27.0 Å². The summed E-state index contributed by atoms with van der Waals surface area (Å²) in [5, 5.41) is 2.59. The molecule has 1 N–H and O–H groups in total. The van der Waals surface area contributed by atoms with Crippen LogP contribution in [0.2, 0.25) is 0 Å². The first-order chi connectivity index (χ1) is 12.2. The van der Waals surface area contributed by atoms with Crippen molar-refractivity contribution < 1.29 is 4.74 Å². The van der Waals surface area contributed by atoms with Crippen molar-refractivity contribution in [2.24, 2.45) is 0 Å². The molecular formula is C19H21N3O2S. The number of nitrogens with one attached hydrogen (secondary N) is 1. The molecule has 1 atom stereocenters. The quantitative estimate of drug-likeness (QED) is 0.764. The lowest BCUT2D eigenvalue weighted by molar-refractivity contribution is 0.236. The van der Waals surface area contributed by atoms with Gasteiger partial charge in [0.05, 0.1) is 19.0 Å². The molecule has 5 nitrogen and oxygen atoms in total. The number of para-hydroxylation sites is 1. The molecule has 0 radical (unpaired) electrons. The number of fused-ring (bicyclic) bond motifs is 1. The first-order valence-corrected chi connectivity index (χ1v) is 9.45. The van der Waals surface area contributed by atoms with E-state index in [1.54, 1.807) is 7.11 Å². The molecule has 1 fully saturated rings. The minimum atomic E-state index is -0.0401. The van der Waals surface area contributed by atoms with Crippen molar-refractivity contribution in [3.8, 4) is 5.75 Å². The summed E-state index contributed by atoms with van der Waals surface area (Å²) >= 11 is 1.52. The number of aromatic nitrogens is 2. The van der Waals surface area contributed by atoms with Crippen LogP contribution in [-0.2, 0) is 13.0 Å². The first kappa shape index (κ1) is 16.3. The van der Waals surface area contributed by atoms with Crippen molar-refractivity contribution in [2.45, 2.75) is 31.8 Å². The third-order valence-electron chi connectivity index (χ3n) is 4.88. The van der Waals surface area contributed by atoms with E-state index in [4.69, 9.17) is 4.74 Å². The van der Waals surface area contributed by atoms with Gasteiger partial charge in [-0.05, 0) is 48.9 Å². The molecule has 1 aromatic carbocycles. The predicted molar refractivity (Wildman–Crippen MR) is 100 cm³/mol. The highest BCUT2D eigenvalue weighted by molar-refractivity contribution is 7.16.